The predicted octanol–water partition coefficient (Wildman–Crippen LogP) is 1.14. The highest BCUT2D eigenvalue weighted by Crippen LogP contribution is 2.26. The molecular formula is C13H24N2O3. The smallest absolute Gasteiger partial charge is 0.326 e. The Labute approximate surface area is 108 Å². The maximum atomic E-state index is 11.7. The summed E-state index contributed by atoms with van der Waals surface area (Å²) in [5.74, 6) is -0.948. The van der Waals surface area contributed by atoms with Gasteiger partial charge in [0, 0.05) is 6.42 Å². The van der Waals surface area contributed by atoms with Crippen molar-refractivity contribution in [3.05, 3.63) is 0 Å². The van der Waals surface area contributed by atoms with E-state index in [0.29, 0.717) is 6.42 Å². The Bertz CT molecular complexity index is 275. The molecule has 1 atom stereocenters. The Kier molecular flexibility index (Phi) is 6.72. The molecule has 104 valence electrons. The highest BCUT2D eigenvalue weighted by molar-refractivity contribution is 5.83. The molecule has 1 amide bonds. The van der Waals surface area contributed by atoms with Crippen molar-refractivity contribution in [2.75, 3.05) is 13.6 Å². The van der Waals surface area contributed by atoms with Crippen molar-refractivity contribution in [3.8, 4) is 0 Å². The maximum absolute atomic E-state index is 11.7. The molecular weight excluding hydrogens is 232 g/mol. The van der Waals surface area contributed by atoms with Gasteiger partial charge in [-0.25, -0.2) is 4.79 Å². The van der Waals surface area contributed by atoms with Gasteiger partial charge in [-0.1, -0.05) is 19.3 Å². The second-order valence-electron chi connectivity index (χ2n) is 4.99. The zero-order valence-electron chi connectivity index (χ0n) is 11.1. The minimum Gasteiger partial charge on any atom is -0.480 e. The number of amides is 1. The van der Waals surface area contributed by atoms with Crippen LogP contribution in [0.1, 0.15) is 44.9 Å². The van der Waals surface area contributed by atoms with Crippen molar-refractivity contribution in [1.82, 2.24) is 10.6 Å². The molecule has 5 nitrogen and oxygen atoms in total. The first-order valence-electron chi connectivity index (χ1n) is 6.82. The van der Waals surface area contributed by atoms with E-state index in [1.165, 1.54) is 6.42 Å². The van der Waals surface area contributed by atoms with Crippen LogP contribution < -0.4 is 10.6 Å². The van der Waals surface area contributed by atoms with E-state index >= 15 is 0 Å². The number of hydrogen-bond acceptors (Lipinski definition) is 3. The molecule has 0 aromatic heterocycles. The van der Waals surface area contributed by atoms with Crippen molar-refractivity contribution in [3.63, 3.8) is 0 Å². The number of aliphatic carboxylic acids is 1. The van der Waals surface area contributed by atoms with Gasteiger partial charge in [0.25, 0.3) is 0 Å². The summed E-state index contributed by atoms with van der Waals surface area (Å²) in [5.41, 5.74) is 0. The van der Waals surface area contributed by atoms with Crippen molar-refractivity contribution in [2.24, 2.45) is 5.92 Å². The molecule has 0 saturated heterocycles. The molecule has 0 aromatic rings. The van der Waals surface area contributed by atoms with Crippen LogP contribution in [0.5, 0.6) is 0 Å². The third-order valence-electron chi connectivity index (χ3n) is 3.53. The molecule has 1 saturated carbocycles. The van der Waals surface area contributed by atoms with E-state index in [4.69, 9.17) is 0 Å². The van der Waals surface area contributed by atoms with Crippen molar-refractivity contribution < 1.29 is 14.7 Å². The lowest BCUT2D eigenvalue weighted by molar-refractivity contribution is -0.143. The first-order valence-corrected chi connectivity index (χ1v) is 6.82. The topological polar surface area (TPSA) is 78.4 Å². The van der Waals surface area contributed by atoms with Gasteiger partial charge < -0.3 is 15.7 Å². The Balaban J connectivity index is 2.41. The third kappa shape index (κ3) is 5.04. The largest absolute Gasteiger partial charge is 0.480 e. The molecule has 1 unspecified atom stereocenters. The van der Waals surface area contributed by atoms with E-state index in [2.05, 4.69) is 10.6 Å². The Morgan fingerprint density at radius 1 is 1.28 bits per heavy atom. The molecule has 1 fully saturated rings. The molecule has 3 N–H and O–H groups in total. The molecule has 18 heavy (non-hydrogen) atoms. The molecule has 0 aromatic carbocycles. The Morgan fingerprint density at radius 3 is 2.50 bits per heavy atom. The highest BCUT2D eigenvalue weighted by Gasteiger charge is 2.30. The fourth-order valence-corrected chi connectivity index (χ4v) is 2.52. The van der Waals surface area contributed by atoms with Crippen molar-refractivity contribution >= 4 is 11.9 Å². The van der Waals surface area contributed by atoms with Gasteiger partial charge >= 0.3 is 5.97 Å². The second kappa shape index (κ2) is 8.08. The van der Waals surface area contributed by atoms with Gasteiger partial charge in [0.2, 0.25) is 5.91 Å². The van der Waals surface area contributed by atoms with Crippen molar-refractivity contribution in [2.45, 2.75) is 51.0 Å². The Morgan fingerprint density at radius 2 is 1.94 bits per heavy atom. The summed E-state index contributed by atoms with van der Waals surface area (Å²) >= 11 is 0. The van der Waals surface area contributed by atoms with Crippen LogP contribution >= 0.6 is 0 Å². The van der Waals surface area contributed by atoms with E-state index < -0.39 is 12.0 Å². The maximum Gasteiger partial charge on any atom is 0.326 e. The number of carbonyl (C=O) groups excluding carboxylic acids is 1. The number of rotatable bonds is 7. The summed E-state index contributed by atoms with van der Waals surface area (Å²) in [4.78, 5) is 22.9. The van der Waals surface area contributed by atoms with Gasteiger partial charge in [-0.15, -0.1) is 0 Å². The number of hydrogen-bond donors (Lipinski definition) is 3. The summed E-state index contributed by atoms with van der Waals surface area (Å²) in [7, 11) is 1.83. The van der Waals surface area contributed by atoms with Crippen LogP contribution in [-0.4, -0.2) is 36.6 Å². The molecule has 0 aliphatic heterocycles. The van der Waals surface area contributed by atoms with E-state index in [9.17, 15) is 14.7 Å². The van der Waals surface area contributed by atoms with Crippen LogP contribution in [0.3, 0.4) is 0 Å². The van der Waals surface area contributed by atoms with E-state index in [0.717, 1.165) is 38.6 Å². The molecule has 0 bridgehead atoms. The highest BCUT2D eigenvalue weighted by atomic mass is 16.4. The molecule has 1 aliphatic rings. The SMILES string of the molecule is CNCCCC(=O)NC(C(=O)O)C1CCCCC1. The zero-order chi connectivity index (χ0) is 13.4. The zero-order valence-corrected chi connectivity index (χ0v) is 11.1. The molecule has 1 rings (SSSR count). The molecule has 0 radical (unpaired) electrons. The van der Waals surface area contributed by atoms with Gasteiger partial charge in [0.05, 0.1) is 0 Å². The van der Waals surface area contributed by atoms with Gasteiger partial charge in [-0.3, -0.25) is 4.79 Å². The van der Waals surface area contributed by atoms with Gasteiger partial charge in [-0.2, -0.15) is 0 Å². The van der Waals surface area contributed by atoms with Crippen LogP contribution in [0.4, 0.5) is 0 Å². The monoisotopic (exact) mass is 256 g/mol. The van der Waals surface area contributed by atoms with E-state index in [-0.39, 0.29) is 11.8 Å². The predicted molar refractivity (Wildman–Crippen MR) is 69.3 cm³/mol. The van der Waals surface area contributed by atoms with Crippen molar-refractivity contribution in [1.29, 1.82) is 0 Å². The number of carboxylic acid groups (broad SMARTS) is 1. The average Bonchev–Trinajstić information content (AvgIpc) is 2.37. The summed E-state index contributed by atoms with van der Waals surface area (Å²) in [5, 5.41) is 14.9. The van der Waals surface area contributed by atoms with Crippen LogP contribution in [-0.2, 0) is 9.59 Å². The number of carboxylic acids is 1. The molecule has 0 heterocycles. The van der Waals surface area contributed by atoms with Gasteiger partial charge in [0.15, 0.2) is 0 Å². The summed E-state index contributed by atoms with van der Waals surface area (Å²) < 4.78 is 0. The lowest BCUT2D eigenvalue weighted by atomic mass is 9.84. The Hall–Kier alpha value is -1.10. The lowest BCUT2D eigenvalue weighted by Gasteiger charge is -2.28. The molecule has 1 aliphatic carbocycles. The van der Waals surface area contributed by atoms with Crippen LogP contribution in [0.25, 0.3) is 0 Å². The summed E-state index contributed by atoms with van der Waals surface area (Å²) in [6.07, 6.45) is 6.27. The van der Waals surface area contributed by atoms with Crippen LogP contribution in [0.15, 0.2) is 0 Å². The number of nitrogens with one attached hydrogen (secondary N) is 2. The molecule has 5 heteroatoms. The fourth-order valence-electron chi connectivity index (χ4n) is 2.52. The van der Waals surface area contributed by atoms with Crippen LogP contribution in [0.2, 0.25) is 0 Å². The lowest BCUT2D eigenvalue weighted by Crippen LogP contribution is -2.46. The fraction of sp³-hybridized carbons (Fsp3) is 0.846. The minimum absolute atomic E-state index is 0.101. The standard InChI is InChI=1S/C13H24N2O3/c1-14-9-5-8-11(16)15-12(13(17)18)10-6-3-2-4-7-10/h10,12,14H,2-9H2,1H3,(H,15,16)(H,17,18). The van der Waals surface area contributed by atoms with Gasteiger partial charge in [0.1, 0.15) is 6.04 Å². The number of carbonyl (C=O) groups is 2. The summed E-state index contributed by atoms with van der Waals surface area (Å²) in [6.45, 7) is 0.772. The second-order valence-corrected chi connectivity index (χ2v) is 4.99. The van der Waals surface area contributed by atoms with Gasteiger partial charge in [-0.05, 0) is 38.8 Å². The van der Waals surface area contributed by atoms with Crippen LogP contribution in [0, 0.1) is 5.92 Å². The minimum atomic E-state index is -0.899. The summed E-state index contributed by atoms with van der Waals surface area (Å²) in [6, 6.07) is -0.701. The van der Waals surface area contributed by atoms with E-state index in [1.54, 1.807) is 0 Å². The average molecular weight is 256 g/mol. The molecule has 0 spiro atoms. The quantitative estimate of drug-likeness (QED) is 0.597. The third-order valence-corrected chi connectivity index (χ3v) is 3.53. The van der Waals surface area contributed by atoms with E-state index in [1.807, 2.05) is 7.05 Å². The normalized spacial score (nSPS) is 18.3. The first kappa shape index (κ1) is 15.0. The first-order chi connectivity index (χ1) is 8.65.